The predicted octanol–water partition coefficient (Wildman–Crippen LogP) is 5.39. The molecule has 0 atom stereocenters. The van der Waals surface area contributed by atoms with E-state index in [0.717, 1.165) is 71.1 Å². The Hall–Kier alpha value is -4.91. The van der Waals surface area contributed by atoms with Gasteiger partial charge < -0.3 is 20.9 Å². The van der Waals surface area contributed by atoms with E-state index in [2.05, 4.69) is 44.4 Å². The summed E-state index contributed by atoms with van der Waals surface area (Å²) in [4.78, 5) is 26.7. The predicted molar refractivity (Wildman–Crippen MR) is 159 cm³/mol. The van der Waals surface area contributed by atoms with E-state index < -0.39 is 0 Å². The Balaban J connectivity index is 1.13. The standard InChI is InChI=1S/C32H30N6O/c33-26-9-13-28(14-10-26)37-16-18-38(19-17-37)31-22-34-29-15-8-25(21-30(29)36-31)24-6-11-27(12-7-24)35-32(39)20-23-4-2-1-3-5-23/h1-15,21-22H,16-20,33H2,(H,35,39). The lowest BCUT2D eigenvalue weighted by molar-refractivity contribution is -0.115. The molecule has 1 amide bonds. The Morgan fingerprint density at radius 2 is 1.46 bits per heavy atom. The minimum atomic E-state index is -0.0308. The van der Waals surface area contributed by atoms with Crippen LogP contribution in [0, 0.1) is 0 Å². The normalized spacial score (nSPS) is 13.4. The number of benzene rings is 4. The molecule has 1 saturated heterocycles. The van der Waals surface area contributed by atoms with Crippen molar-refractivity contribution in [3.63, 3.8) is 0 Å². The third kappa shape index (κ3) is 5.67. The summed E-state index contributed by atoms with van der Waals surface area (Å²) < 4.78 is 0. The Morgan fingerprint density at radius 1 is 0.769 bits per heavy atom. The third-order valence-corrected chi connectivity index (χ3v) is 7.10. The molecule has 1 aliphatic heterocycles. The summed E-state index contributed by atoms with van der Waals surface area (Å²) >= 11 is 0. The van der Waals surface area contributed by atoms with Crippen molar-refractivity contribution in [3.8, 4) is 11.1 Å². The number of hydrogen-bond donors (Lipinski definition) is 2. The smallest absolute Gasteiger partial charge is 0.228 e. The van der Waals surface area contributed by atoms with Gasteiger partial charge in [0.05, 0.1) is 23.7 Å². The van der Waals surface area contributed by atoms with E-state index in [0.29, 0.717) is 6.42 Å². The molecule has 194 valence electrons. The van der Waals surface area contributed by atoms with Crippen molar-refractivity contribution in [2.75, 3.05) is 47.0 Å². The Labute approximate surface area is 227 Å². The number of amides is 1. The highest BCUT2D eigenvalue weighted by molar-refractivity contribution is 5.92. The number of nitrogens with two attached hydrogens (primary N) is 1. The zero-order valence-electron chi connectivity index (χ0n) is 21.6. The molecule has 39 heavy (non-hydrogen) atoms. The molecule has 7 nitrogen and oxygen atoms in total. The van der Waals surface area contributed by atoms with Crippen molar-refractivity contribution in [2.45, 2.75) is 6.42 Å². The van der Waals surface area contributed by atoms with Gasteiger partial charge in [0.15, 0.2) is 0 Å². The molecule has 0 spiro atoms. The maximum Gasteiger partial charge on any atom is 0.228 e. The van der Waals surface area contributed by atoms with Gasteiger partial charge in [-0.05, 0) is 65.2 Å². The number of carbonyl (C=O) groups excluding carboxylic acids is 1. The number of piperazine rings is 1. The second-order valence-corrected chi connectivity index (χ2v) is 9.79. The molecule has 0 saturated carbocycles. The van der Waals surface area contributed by atoms with Crippen LogP contribution in [-0.2, 0) is 11.2 Å². The van der Waals surface area contributed by atoms with Crippen molar-refractivity contribution in [1.82, 2.24) is 9.97 Å². The zero-order valence-corrected chi connectivity index (χ0v) is 21.6. The van der Waals surface area contributed by atoms with E-state index in [-0.39, 0.29) is 5.91 Å². The van der Waals surface area contributed by atoms with Crippen LogP contribution in [0.5, 0.6) is 0 Å². The van der Waals surface area contributed by atoms with Crippen LogP contribution in [0.2, 0.25) is 0 Å². The molecule has 4 aromatic carbocycles. The molecule has 0 unspecified atom stereocenters. The highest BCUT2D eigenvalue weighted by Crippen LogP contribution is 2.26. The van der Waals surface area contributed by atoms with Gasteiger partial charge >= 0.3 is 0 Å². The number of fused-ring (bicyclic) bond motifs is 1. The summed E-state index contributed by atoms with van der Waals surface area (Å²) in [6.07, 6.45) is 2.22. The quantitative estimate of drug-likeness (QED) is 0.296. The van der Waals surface area contributed by atoms with Crippen LogP contribution in [-0.4, -0.2) is 42.1 Å². The summed E-state index contributed by atoms with van der Waals surface area (Å²) in [5, 5.41) is 2.98. The van der Waals surface area contributed by atoms with Crippen LogP contribution in [0.4, 0.5) is 22.9 Å². The van der Waals surface area contributed by atoms with Gasteiger partial charge in [-0.3, -0.25) is 9.78 Å². The van der Waals surface area contributed by atoms with Crippen molar-refractivity contribution < 1.29 is 4.79 Å². The summed E-state index contributed by atoms with van der Waals surface area (Å²) in [6, 6.07) is 31.9. The van der Waals surface area contributed by atoms with Gasteiger partial charge in [0.2, 0.25) is 5.91 Å². The lowest BCUT2D eigenvalue weighted by atomic mass is 10.0. The van der Waals surface area contributed by atoms with Crippen LogP contribution < -0.4 is 20.9 Å². The maximum absolute atomic E-state index is 12.4. The molecule has 5 aromatic rings. The van der Waals surface area contributed by atoms with Crippen LogP contribution in [0.25, 0.3) is 22.2 Å². The minimum Gasteiger partial charge on any atom is -0.399 e. The second kappa shape index (κ2) is 10.8. The summed E-state index contributed by atoms with van der Waals surface area (Å²) in [7, 11) is 0. The molecule has 0 bridgehead atoms. The van der Waals surface area contributed by atoms with Crippen LogP contribution in [0.3, 0.4) is 0 Å². The van der Waals surface area contributed by atoms with Crippen molar-refractivity contribution in [3.05, 3.63) is 109 Å². The highest BCUT2D eigenvalue weighted by Gasteiger charge is 2.19. The SMILES string of the molecule is Nc1ccc(N2CCN(c3cnc4ccc(-c5ccc(NC(=O)Cc6ccccc6)cc5)cc4n3)CC2)cc1. The van der Waals surface area contributed by atoms with Gasteiger partial charge in [-0.25, -0.2) is 4.98 Å². The fraction of sp³-hybridized carbons (Fsp3) is 0.156. The lowest BCUT2D eigenvalue weighted by Gasteiger charge is -2.36. The third-order valence-electron chi connectivity index (χ3n) is 7.10. The number of carbonyl (C=O) groups is 1. The van der Waals surface area contributed by atoms with Crippen LogP contribution in [0.1, 0.15) is 5.56 Å². The first-order valence-corrected chi connectivity index (χ1v) is 13.2. The number of nitrogen functional groups attached to an aromatic ring is 1. The maximum atomic E-state index is 12.4. The van der Waals surface area contributed by atoms with Crippen LogP contribution in [0.15, 0.2) is 103 Å². The second-order valence-electron chi connectivity index (χ2n) is 9.79. The minimum absolute atomic E-state index is 0.0308. The number of hydrogen-bond acceptors (Lipinski definition) is 6. The Bertz CT molecular complexity index is 1580. The first kappa shape index (κ1) is 24.4. The number of aromatic nitrogens is 2. The van der Waals surface area contributed by atoms with Gasteiger partial charge in [0.25, 0.3) is 0 Å². The molecule has 0 radical (unpaired) electrons. The molecule has 0 aliphatic carbocycles. The molecule has 3 N–H and O–H groups in total. The van der Waals surface area contributed by atoms with Crippen molar-refractivity contribution in [2.24, 2.45) is 0 Å². The van der Waals surface area contributed by atoms with Gasteiger partial charge in [-0.2, -0.15) is 0 Å². The monoisotopic (exact) mass is 514 g/mol. The average molecular weight is 515 g/mol. The van der Waals surface area contributed by atoms with E-state index in [9.17, 15) is 4.79 Å². The largest absolute Gasteiger partial charge is 0.399 e. The number of anilines is 4. The molecule has 1 aromatic heterocycles. The first-order chi connectivity index (χ1) is 19.1. The van der Waals surface area contributed by atoms with Gasteiger partial charge in [-0.1, -0.05) is 48.5 Å². The lowest BCUT2D eigenvalue weighted by Crippen LogP contribution is -2.46. The Morgan fingerprint density at radius 3 is 2.21 bits per heavy atom. The van der Waals surface area contributed by atoms with E-state index in [1.807, 2.05) is 79.0 Å². The average Bonchev–Trinajstić information content (AvgIpc) is 2.98. The molecular weight excluding hydrogens is 484 g/mol. The van der Waals surface area contributed by atoms with E-state index in [4.69, 9.17) is 10.7 Å². The van der Waals surface area contributed by atoms with E-state index in [1.165, 1.54) is 5.69 Å². The van der Waals surface area contributed by atoms with E-state index >= 15 is 0 Å². The van der Waals surface area contributed by atoms with Gasteiger partial charge in [0.1, 0.15) is 5.82 Å². The fourth-order valence-corrected chi connectivity index (χ4v) is 4.94. The number of nitrogens with zero attached hydrogens (tertiary/aromatic N) is 4. The molecule has 7 heteroatoms. The summed E-state index contributed by atoms with van der Waals surface area (Å²) in [6.45, 7) is 3.58. The van der Waals surface area contributed by atoms with Crippen LogP contribution >= 0.6 is 0 Å². The molecule has 2 heterocycles. The topological polar surface area (TPSA) is 87.4 Å². The number of nitrogens with one attached hydrogen (secondary N) is 1. The fourth-order valence-electron chi connectivity index (χ4n) is 4.94. The molecular formula is C32H30N6O. The van der Waals surface area contributed by atoms with Gasteiger partial charge in [0, 0.05) is 43.2 Å². The van der Waals surface area contributed by atoms with Gasteiger partial charge in [-0.15, -0.1) is 0 Å². The summed E-state index contributed by atoms with van der Waals surface area (Å²) in [5.41, 5.74) is 13.4. The molecule has 6 rings (SSSR count). The zero-order chi connectivity index (χ0) is 26.6. The molecule has 1 aliphatic rings. The first-order valence-electron chi connectivity index (χ1n) is 13.2. The molecule has 1 fully saturated rings. The van der Waals surface area contributed by atoms with E-state index in [1.54, 1.807) is 0 Å². The van der Waals surface area contributed by atoms with Crippen molar-refractivity contribution in [1.29, 1.82) is 0 Å². The summed E-state index contributed by atoms with van der Waals surface area (Å²) in [5.74, 6) is 0.866. The highest BCUT2D eigenvalue weighted by atomic mass is 16.1. The Kier molecular flexibility index (Phi) is 6.78. The number of rotatable bonds is 6. The van der Waals surface area contributed by atoms with Crippen molar-refractivity contribution >= 4 is 39.8 Å².